The molecule has 0 aliphatic carbocycles. The fraction of sp³-hybridized carbons (Fsp3) is 0.529. The van der Waals surface area contributed by atoms with Crippen molar-refractivity contribution in [1.82, 2.24) is 4.90 Å². The Morgan fingerprint density at radius 2 is 1.85 bits per heavy atom. The van der Waals surface area contributed by atoms with E-state index in [-0.39, 0.29) is 0 Å². The van der Waals surface area contributed by atoms with E-state index in [2.05, 4.69) is 30.7 Å². The molecule has 1 rings (SSSR count). The van der Waals surface area contributed by atoms with Gasteiger partial charge >= 0.3 is 0 Å². The number of halogens is 1. The van der Waals surface area contributed by atoms with Crippen LogP contribution in [-0.4, -0.2) is 31.6 Å². The van der Waals surface area contributed by atoms with Gasteiger partial charge in [0.2, 0.25) is 0 Å². The molecule has 0 radical (unpaired) electrons. The lowest BCUT2D eigenvalue weighted by Gasteiger charge is -2.12. The van der Waals surface area contributed by atoms with E-state index in [1.54, 1.807) is 0 Å². The van der Waals surface area contributed by atoms with Gasteiger partial charge in [-0.2, -0.15) is 0 Å². The molecule has 0 unspecified atom stereocenters. The van der Waals surface area contributed by atoms with Gasteiger partial charge in [-0.1, -0.05) is 49.6 Å². The van der Waals surface area contributed by atoms with Gasteiger partial charge in [-0.05, 0) is 44.3 Å². The average Bonchev–Trinajstić information content (AvgIpc) is 2.45. The molecule has 3 heteroatoms. The van der Waals surface area contributed by atoms with Gasteiger partial charge in [0.1, 0.15) is 12.4 Å². The number of hydrogen-bond acceptors (Lipinski definition) is 2. The van der Waals surface area contributed by atoms with Crippen LogP contribution in [0, 0.1) is 11.8 Å². The van der Waals surface area contributed by atoms with E-state index in [1.807, 2.05) is 24.3 Å². The Hall–Kier alpha value is -1.17. The Kier molecular flexibility index (Phi) is 8.95. The summed E-state index contributed by atoms with van der Waals surface area (Å²) in [4.78, 5) is 2.25. The van der Waals surface area contributed by atoms with Crippen molar-refractivity contribution in [2.24, 2.45) is 0 Å². The molecule has 0 heterocycles. The summed E-state index contributed by atoms with van der Waals surface area (Å²) >= 11 is 5.80. The molecule has 1 aromatic carbocycles. The van der Waals surface area contributed by atoms with Crippen LogP contribution in [0.5, 0.6) is 5.75 Å². The maximum atomic E-state index is 5.80. The molecule has 1 aromatic rings. The van der Waals surface area contributed by atoms with Gasteiger partial charge in [-0.25, -0.2) is 0 Å². The lowest BCUT2D eigenvalue weighted by atomic mass is 10.2. The topological polar surface area (TPSA) is 12.5 Å². The molecule has 0 atom stereocenters. The third kappa shape index (κ3) is 8.09. The molecule has 0 spiro atoms. The van der Waals surface area contributed by atoms with E-state index < -0.39 is 0 Å². The SMILES string of the molecule is CCCCCCN(C)CC#CCOc1ccc(Cl)cc1. The monoisotopic (exact) mass is 293 g/mol. The van der Waals surface area contributed by atoms with Crippen LogP contribution in [0.1, 0.15) is 32.6 Å². The molecule has 2 nitrogen and oxygen atoms in total. The number of unbranched alkanes of at least 4 members (excludes halogenated alkanes) is 3. The second-order valence-corrected chi connectivity index (χ2v) is 5.33. The van der Waals surface area contributed by atoms with Crippen LogP contribution in [0.4, 0.5) is 0 Å². The fourth-order valence-corrected chi connectivity index (χ4v) is 1.91. The predicted molar refractivity (Wildman–Crippen MR) is 86.4 cm³/mol. The van der Waals surface area contributed by atoms with Crippen LogP contribution in [0.25, 0.3) is 0 Å². The summed E-state index contributed by atoms with van der Waals surface area (Å²) in [5, 5.41) is 0.716. The van der Waals surface area contributed by atoms with Gasteiger partial charge in [0.25, 0.3) is 0 Å². The summed E-state index contributed by atoms with van der Waals surface area (Å²) < 4.78 is 5.51. The second kappa shape index (κ2) is 10.6. The van der Waals surface area contributed by atoms with Crippen LogP contribution in [0.2, 0.25) is 5.02 Å². The first-order chi connectivity index (χ1) is 9.72. The zero-order valence-corrected chi connectivity index (χ0v) is 13.2. The highest BCUT2D eigenvalue weighted by atomic mass is 35.5. The maximum Gasteiger partial charge on any atom is 0.149 e. The largest absolute Gasteiger partial charge is 0.481 e. The first-order valence-corrected chi connectivity index (χ1v) is 7.62. The molecule has 0 aliphatic rings. The van der Waals surface area contributed by atoms with E-state index in [0.29, 0.717) is 11.6 Å². The molecule has 0 fully saturated rings. The van der Waals surface area contributed by atoms with E-state index >= 15 is 0 Å². The third-order valence-electron chi connectivity index (χ3n) is 2.99. The van der Waals surface area contributed by atoms with Crippen molar-refractivity contribution >= 4 is 11.6 Å². The minimum absolute atomic E-state index is 0.422. The smallest absolute Gasteiger partial charge is 0.149 e. The number of benzene rings is 1. The van der Waals surface area contributed by atoms with E-state index in [0.717, 1.165) is 18.8 Å². The van der Waals surface area contributed by atoms with Crippen LogP contribution < -0.4 is 4.74 Å². The maximum absolute atomic E-state index is 5.80. The van der Waals surface area contributed by atoms with Crippen molar-refractivity contribution in [3.63, 3.8) is 0 Å². The lowest BCUT2D eigenvalue weighted by molar-refractivity contribution is 0.358. The molecule has 20 heavy (non-hydrogen) atoms. The predicted octanol–water partition coefficient (Wildman–Crippen LogP) is 4.23. The molecule has 0 amide bonds. The standard InChI is InChI=1S/C17H24ClNO/c1-3-4-5-6-13-19(2)14-7-8-15-20-17-11-9-16(18)10-12-17/h9-12H,3-6,13-15H2,1-2H3. The first-order valence-electron chi connectivity index (χ1n) is 7.25. The number of nitrogens with zero attached hydrogens (tertiary/aromatic N) is 1. The number of ether oxygens (including phenoxy) is 1. The molecule has 0 saturated carbocycles. The molecule has 0 aromatic heterocycles. The van der Waals surface area contributed by atoms with Crippen molar-refractivity contribution in [3.05, 3.63) is 29.3 Å². The first kappa shape index (κ1) is 16.9. The zero-order chi connectivity index (χ0) is 14.6. The normalized spacial score (nSPS) is 10.2. The summed E-state index contributed by atoms with van der Waals surface area (Å²) in [7, 11) is 2.11. The van der Waals surface area contributed by atoms with Crippen LogP contribution in [0.3, 0.4) is 0 Å². The summed E-state index contributed by atoms with van der Waals surface area (Å²) in [6, 6.07) is 7.33. The Morgan fingerprint density at radius 3 is 2.55 bits per heavy atom. The van der Waals surface area contributed by atoms with Gasteiger partial charge in [-0.15, -0.1) is 0 Å². The van der Waals surface area contributed by atoms with Gasteiger partial charge in [0.05, 0.1) is 6.54 Å². The van der Waals surface area contributed by atoms with E-state index in [1.165, 1.54) is 25.7 Å². The van der Waals surface area contributed by atoms with Crippen LogP contribution in [0.15, 0.2) is 24.3 Å². The Morgan fingerprint density at radius 1 is 1.10 bits per heavy atom. The minimum Gasteiger partial charge on any atom is -0.481 e. The summed E-state index contributed by atoms with van der Waals surface area (Å²) in [6.45, 7) is 4.57. The Balaban J connectivity index is 2.11. The van der Waals surface area contributed by atoms with Crippen molar-refractivity contribution in [2.45, 2.75) is 32.6 Å². The number of rotatable bonds is 8. The Labute approximate surface area is 128 Å². The third-order valence-corrected chi connectivity index (χ3v) is 3.24. The van der Waals surface area contributed by atoms with Crippen LogP contribution in [-0.2, 0) is 0 Å². The molecule has 0 saturated heterocycles. The molecule has 0 aliphatic heterocycles. The average molecular weight is 294 g/mol. The minimum atomic E-state index is 0.422. The highest BCUT2D eigenvalue weighted by Crippen LogP contribution is 2.14. The van der Waals surface area contributed by atoms with Crippen LogP contribution >= 0.6 is 11.6 Å². The molecular formula is C17H24ClNO. The van der Waals surface area contributed by atoms with Gasteiger partial charge in [0, 0.05) is 5.02 Å². The van der Waals surface area contributed by atoms with Crippen molar-refractivity contribution in [3.8, 4) is 17.6 Å². The lowest BCUT2D eigenvalue weighted by Crippen LogP contribution is -2.19. The van der Waals surface area contributed by atoms with Gasteiger partial charge < -0.3 is 4.74 Å². The summed E-state index contributed by atoms with van der Waals surface area (Å²) in [6.07, 6.45) is 5.18. The highest BCUT2D eigenvalue weighted by Gasteiger charge is 1.95. The molecule has 0 bridgehead atoms. The quantitative estimate of drug-likeness (QED) is 0.525. The van der Waals surface area contributed by atoms with Gasteiger partial charge in [-0.3, -0.25) is 4.90 Å². The Bertz CT molecular complexity index is 419. The van der Waals surface area contributed by atoms with Crippen molar-refractivity contribution < 1.29 is 4.74 Å². The van der Waals surface area contributed by atoms with Gasteiger partial charge in [0.15, 0.2) is 0 Å². The molecule has 110 valence electrons. The number of hydrogen-bond donors (Lipinski definition) is 0. The van der Waals surface area contributed by atoms with Crippen molar-refractivity contribution in [2.75, 3.05) is 26.7 Å². The van der Waals surface area contributed by atoms with E-state index in [4.69, 9.17) is 16.3 Å². The summed E-state index contributed by atoms with van der Waals surface area (Å²) in [5.41, 5.74) is 0. The van der Waals surface area contributed by atoms with Crippen molar-refractivity contribution in [1.29, 1.82) is 0 Å². The highest BCUT2D eigenvalue weighted by molar-refractivity contribution is 6.30. The summed E-state index contributed by atoms with van der Waals surface area (Å²) in [5.74, 6) is 6.97. The zero-order valence-electron chi connectivity index (χ0n) is 12.5. The second-order valence-electron chi connectivity index (χ2n) is 4.89. The molecular weight excluding hydrogens is 270 g/mol. The van der Waals surface area contributed by atoms with E-state index in [9.17, 15) is 0 Å². The fourth-order valence-electron chi connectivity index (χ4n) is 1.78. The molecule has 0 N–H and O–H groups in total.